The van der Waals surface area contributed by atoms with Crippen molar-refractivity contribution in [3.63, 3.8) is 0 Å². The molecular formula is C36H52N2O23. The number of ether oxygens (including phenoxy) is 12. The van der Waals surface area contributed by atoms with E-state index in [1.54, 1.807) is 0 Å². The Hall–Kier alpha value is -5.05. The van der Waals surface area contributed by atoms with Crippen LogP contribution in [-0.2, 0) is 100.0 Å². The van der Waals surface area contributed by atoms with Crippen molar-refractivity contribution in [3.8, 4) is 0 Å². The summed E-state index contributed by atoms with van der Waals surface area (Å²) in [6, 6.07) is -3.07. The van der Waals surface area contributed by atoms with Gasteiger partial charge in [0.1, 0.15) is 55.8 Å². The van der Waals surface area contributed by atoms with Crippen molar-refractivity contribution < 1.29 is 110 Å². The number of aliphatic hydroxyl groups excluding tert-OH is 2. The van der Waals surface area contributed by atoms with Gasteiger partial charge >= 0.3 is 41.8 Å². The summed E-state index contributed by atoms with van der Waals surface area (Å²) in [5.41, 5.74) is 0. The first kappa shape index (κ1) is 50.3. The van der Waals surface area contributed by atoms with E-state index in [1.807, 2.05) is 0 Å². The average molecular weight is 881 g/mol. The molecule has 0 aromatic heterocycles. The molecule has 0 aromatic carbocycles. The molecule has 3 heterocycles. The molecule has 25 nitrogen and oxygen atoms in total. The van der Waals surface area contributed by atoms with Gasteiger partial charge in [0.2, 0.25) is 11.8 Å². The molecular weight excluding hydrogens is 828 g/mol. The van der Waals surface area contributed by atoms with Crippen LogP contribution in [0, 0.1) is 0 Å². The third kappa shape index (κ3) is 14.8. The zero-order valence-electron chi connectivity index (χ0n) is 34.7. The van der Waals surface area contributed by atoms with Crippen molar-refractivity contribution in [2.75, 3.05) is 19.8 Å². The van der Waals surface area contributed by atoms with Crippen LogP contribution in [0.15, 0.2) is 0 Å². The molecule has 344 valence electrons. The fourth-order valence-corrected chi connectivity index (χ4v) is 6.70. The van der Waals surface area contributed by atoms with Crippen molar-refractivity contribution >= 4 is 53.6 Å². The number of esters is 7. The molecule has 15 atom stereocenters. The predicted molar refractivity (Wildman–Crippen MR) is 191 cm³/mol. The normalized spacial score (nSPS) is 33.4. The Morgan fingerprint density at radius 1 is 0.443 bits per heavy atom. The molecule has 0 aliphatic carbocycles. The van der Waals surface area contributed by atoms with Crippen LogP contribution in [0.2, 0.25) is 0 Å². The van der Waals surface area contributed by atoms with Gasteiger partial charge in [-0.2, -0.15) is 0 Å². The van der Waals surface area contributed by atoms with Crippen molar-refractivity contribution in [2.45, 2.75) is 154 Å². The van der Waals surface area contributed by atoms with Crippen LogP contribution in [0.1, 0.15) is 62.3 Å². The second-order valence-corrected chi connectivity index (χ2v) is 14.0. The predicted octanol–water partition coefficient (Wildman–Crippen LogP) is -3.29. The van der Waals surface area contributed by atoms with E-state index in [4.69, 9.17) is 56.8 Å². The van der Waals surface area contributed by atoms with Crippen molar-refractivity contribution in [2.24, 2.45) is 0 Å². The first-order chi connectivity index (χ1) is 28.5. The molecule has 3 aliphatic heterocycles. The summed E-state index contributed by atoms with van der Waals surface area (Å²) in [4.78, 5) is 110. The fourth-order valence-electron chi connectivity index (χ4n) is 6.70. The highest BCUT2D eigenvalue weighted by Crippen LogP contribution is 2.34. The van der Waals surface area contributed by atoms with E-state index in [-0.39, 0.29) is 0 Å². The summed E-state index contributed by atoms with van der Waals surface area (Å²) in [6.45, 7) is 7.44. The molecule has 0 spiro atoms. The minimum Gasteiger partial charge on any atom is -0.463 e. The van der Waals surface area contributed by atoms with Gasteiger partial charge in [-0.1, -0.05) is 0 Å². The summed E-state index contributed by atoms with van der Waals surface area (Å²) in [6.07, 6.45) is -21.8. The van der Waals surface area contributed by atoms with Gasteiger partial charge in [0.25, 0.3) is 0 Å². The van der Waals surface area contributed by atoms with E-state index < -0.39 is 165 Å². The fraction of sp³-hybridized carbons (Fsp3) is 0.750. The first-order valence-electron chi connectivity index (χ1n) is 18.8. The summed E-state index contributed by atoms with van der Waals surface area (Å²) >= 11 is 0. The Morgan fingerprint density at radius 3 is 1.31 bits per heavy atom. The lowest BCUT2D eigenvalue weighted by Gasteiger charge is -2.48. The number of nitrogens with one attached hydrogen (secondary N) is 2. The molecule has 3 fully saturated rings. The highest BCUT2D eigenvalue weighted by Gasteiger charge is 2.57. The molecule has 4 N–H and O–H groups in total. The number of carbonyl (C=O) groups is 9. The Bertz CT molecular complexity index is 1620. The molecule has 0 aromatic rings. The van der Waals surface area contributed by atoms with E-state index in [1.165, 1.54) is 0 Å². The molecule has 0 saturated carbocycles. The van der Waals surface area contributed by atoms with Gasteiger partial charge in [-0.05, 0) is 0 Å². The number of rotatable bonds is 16. The molecule has 61 heavy (non-hydrogen) atoms. The maximum atomic E-state index is 12.4. The highest BCUT2D eigenvalue weighted by molar-refractivity contribution is 5.74. The van der Waals surface area contributed by atoms with Crippen molar-refractivity contribution in [3.05, 3.63) is 0 Å². The lowest BCUT2D eigenvalue weighted by atomic mass is 9.94. The van der Waals surface area contributed by atoms with Crippen LogP contribution in [0.25, 0.3) is 0 Å². The number of hydrogen-bond donors (Lipinski definition) is 4. The third-order valence-corrected chi connectivity index (χ3v) is 8.80. The van der Waals surface area contributed by atoms with E-state index in [9.17, 15) is 53.4 Å². The van der Waals surface area contributed by atoms with Crippen LogP contribution in [0.4, 0.5) is 0 Å². The number of carbonyl (C=O) groups excluding carboxylic acids is 9. The van der Waals surface area contributed by atoms with Gasteiger partial charge in [-0.3, -0.25) is 43.2 Å². The zero-order valence-corrected chi connectivity index (χ0v) is 34.7. The molecule has 3 aliphatic rings. The van der Waals surface area contributed by atoms with Crippen LogP contribution in [-0.4, -0.2) is 176 Å². The average Bonchev–Trinajstić information content (AvgIpc) is 3.12. The molecule has 0 bridgehead atoms. The van der Waals surface area contributed by atoms with E-state index in [2.05, 4.69) is 10.6 Å². The second-order valence-electron chi connectivity index (χ2n) is 14.0. The lowest BCUT2D eigenvalue weighted by molar-refractivity contribution is -0.347. The number of aliphatic hydroxyl groups is 2. The standard InChI is InChI=1S/C36H52N2O23/c1-13(39)37-25-30(61-36-33(57-21(9)47)32(56-20(8)46)29(54-18(6)44)24(60-36)12-51-16(4)42)27(48)22(58-34(25)49)10-52-35-26(38-14(2)40)31(55-19(7)45)28(53-17(5)43)23(59-35)11-50-15(3)41/h22-36,48-49H,10-12H2,1-9H3,(H,37,39)(H,38,40). The third-order valence-electron chi connectivity index (χ3n) is 8.80. The molecule has 2 amide bonds. The van der Waals surface area contributed by atoms with Gasteiger partial charge in [0.15, 0.2) is 49.4 Å². The molecule has 15 unspecified atom stereocenters. The summed E-state index contributed by atoms with van der Waals surface area (Å²) < 4.78 is 66.9. The monoisotopic (exact) mass is 880 g/mol. The first-order valence-corrected chi connectivity index (χ1v) is 18.8. The second kappa shape index (κ2) is 22.7. The Balaban J connectivity index is 2.05. The Morgan fingerprint density at radius 2 is 0.852 bits per heavy atom. The van der Waals surface area contributed by atoms with E-state index >= 15 is 0 Å². The number of amides is 2. The molecule has 0 radical (unpaired) electrons. The maximum Gasteiger partial charge on any atom is 0.303 e. The minimum absolute atomic E-state index is 0.566. The molecule has 25 heteroatoms. The van der Waals surface area contributed by atoms with Crippen LogP contribution < -0.4 is 10.6 Å². The van der Waals surface area contributed by atoms with E-state index in [0.29, 0.717) is 0 Å². The van der Waals surface area contributed by atoms with Crippen molar-refractivity contribution in [1.82, 2.24) is 10.6 Å². The van der Waals surface area contributed by atoms with E-state index in [0.717, 1.165) is 62.3 Å². The highest BCUT2D eigenvalue weighted by atomic mass is 16.8. The van der Waals surface area contributed by atoms with Gasteiger partial charge in [-0.25, -0.2) is 0 Å². The van der Waals surface area contributed by atoms with Gasteiger partial charge < -0.3 is 77.7 Å². The van der Waals surface area contributed by atoms with Crippen molar-refractivity contribution in [1.29, 1.82) is 0 Å². The van der Waals surface area contributed by atoms with Crippen LogP contribution >= 0.6 is 0 Å². The quantitative estimate of drug-likeness (QED) is 0.0872. The Labute approximate surface area is 348 Å². The summed E-state index contributed by atoms with van der Waals surface area (Å²) in [7, 11) is 0. The van der Waals surface area contributed by atoms with Gasteiger partial charge in [-0.15, -0.1) is 0 Å². The molecule has 3 rings (SSSR count). The van der Waals surface area contributed by atoms with Gasteiger partial charge in [0, 0.05) is 62.3 Å². The number of hydrogen-bond acceptors (Lipinski definition) is 23. The minimum atomic E-state index is -2.01. The summed E-state index contributed by atoms with van der Waals surface area (Å²) in [5.74, 6) is -7.59. The van der Waals surface area contributed by atoms with Crippen LogP contribution in [0.5, 0.6) is 0 Å². The van der Waals surface area contributed by atoms with Gasteiger partial charge in [0.05, 0.1) is 6.61 Å². The summed E-state index contributed by atoms with van der Waals surface area (Å²) in [5, 5.41) is 27.9. The van der Waals surface area contributed by atoms with Crippen LogP contribution in [0.3, 0.4) is 0 Å². The lowest BCUT2D eigenvalue weighted by Crippen LogP contribution is -2.69. The smallest absolute Gasteiger partial charge is 0.303 e. The molecule has 3 saturated heterocycles. The zero-order chi connectivity index (χ0) is 45.9. The topological polar surface area (TPSA) is 329 Å². The SMILES string of the molecule is CC(=O)NC1C(O)OC(COC2OC(COC(C)=O)C(OC(C)=O)C(OC(C)=O)C2NC(C)=O)C(O)C1OC1OC(COC(C)=O)C(OC(C)=O)C(OC(C)=O)C1OC(C)=O. The Kier molecular flexibility index (Phi) is 18.7. The largest absolute Gasteiger partial charge is 0.463 e. The maximum absolute atomic E-state index is 12.4.